The lowest BCUT2D eigenvalue weighted by atomic mass is 9.80. The van der Waals surface area contributed by atoms with Gasteiger partial charge in [-0.2, -0.15) is 11.8 Å². The van der Waals surface area contributed by atoms with Gasteiger partial charge in [0.05, 0.1) is 7.11 Å². The lowest BCUT2D eigenvalue weighted by Gasteiger charge is -2.33. The molecule has 3 rings (SSSR count). The molecule has 2 saturated heterocycles. The van der Waals surface area contributed by atoms with E-state index in [-0.39, 0.29) is 17.0 Å². The van der Waals surface area contributed by atoms with Crippen molar-refractivity contribution in [3.8, 4) is 0 Å². The number of esters is 1. The topological polar surface area (TPSA) is 46.6 Å². The monoisotopic (exact) mass is 305 g/mol. The molecule has 0 spiro atoms. The van der Waals surface area contributed by atoms with Crippen molar-refractivity contribution in [2.75, 3.05) is 26.0 Å². The first-order valence-electron chi connectivity index (χ1n) is 7.16. The largest absolute Gasteiger partial charge is 0.468 e. The molecule has 21 heavy (non-hydrogen) atoms. The number of fused-ring (bicyclic) bond motifs is 1. The molecule has 0 saturated carbocycles. The summed E-state index contributed by atoms with van der Waals surface area (Å²) in [4.78, 5) is 27.0. The van der Waals surface area contributed by atoms with Crippen molar-refractivity contribution >= 4 is 23.5 Å². The summed E-state index contributed by atoms with van der Waals surface area (Å²) < 4.78 is 4.96. The van der Waals surface area contributed by atoms with Crippen LogP contribution < -0.4 is 0 Å². The SMILES string of the molecule is COC(=O)[C@]12CN(Cc3ccccc3)C[C@H]1SCCC2=O. The fourth-order valence-corrected chi connectivity index (χ4v) is 4.83. The van der Waals surface area contributed by atoms with Crippen LogP contribution in [-0.4, -0.2) is 47.9 Å². The summed E-state index contributed by atoms with van der Waals surface area (Å²) >= 11 is 1.73. The minimum Gasteiger partial charge on any atom is -0.468 e. The van der Waals surface area contributed by atoms with Crippen LogP contribution in [0.15, 0.2) is 30.3 Å². The van der Waals surface area contributed by atoms with E-state index in [1.807, 2.05) is 18.2 Å². The summed E-state index contributed by atoms with van der Waals surface area (Å²) in [6.07, 6.45) is 0.468. The van der Waals surface area contributed by atoms with Crippen molar-refractivity contribution in [1.82, 2.24) is 4.90 Å². The van der Waals surface area contributed by atoms with Crippen molar-refractivity contribution in [2.45, 2.75) is 18.2 Å². The second-order valence-electron chi connectivity index (χ2n) is 5.65. The molecule has 0 bridgehead atoms. The predicted molar refractivity (Wildman–Crippen MR) is 82.0 cm³/mol. The first-order chi connectivity index (χ1) is 10.2. The van der Waals surface area contributed by atoms with Crippen LogP contribution in [0.2, 0.25) is 0 Å². The number of Topliss-reactive ketones (excluding diaryl/α,β-unsaturated/α-hetero) is 1. The number of thioether (sulfide) groups is 1. The third-order valence-electron chi connectivity index (χ3n) is 4.39. The molecule has 112 valence electrons. The predicted octanol–water partition coefficient (Wildman–Crippen LogP) is 1.74. The van der Waals surface area contributed by atoms with Gasteiger partial charge in [0.25, 0.3) is 0 Å². The number of methoxy groups -OCH3 is 1. The minimum absolute atomic E-state index is 0.0231. The number of ether oxygens (including phenoxy) is 1. The van der Waals surface area contributed by atoms with Crippen molar-refractivity contribution in [1.29, 1.82) is 0 Å². The normalized spacial score (nSPS) is 29.2. The maximum atomic E-state index is 12.5. The Bertz CT molecular complexity index is 538. The van der Waals surface area contributed by atoms with E-state index in [0.717, 1.165) is 18.8 Å². The minimum atomic E-state index is -0.952. The van der Waals surface area contributed by atoms with Crippen LogP contribution in [0.5, 0.6) is 0 Å². The highest BCUT2D eigenvalue weighted by molar-refractivity contribution is 8.00. The summed E-state index contributed by atoms with van der Waals surface area (Å²) in [5, 5.41) is 0.0231. The Morgan fingerprint density at radius 1 is 1.43 bits per heavy atom. The van der Waals surface area contributed by atoms with E-state index < -0.39 is 5.41 Å². The zero-order valence-electron chi connectivity index (χ0n) is 12.1. The molecule has 0 radical (unpaired) electrons. The molecule has 4 nitrogen and oxygen atoms in total. The molecule has 0 aromatic heterocycles. The number of benzene rings is 1. The number of hydrogen-bond acceptors (Lipinski definition) is 5. The molecule has 2 aliphatic heterocycles. The highest BCUT2D eigenvalue weighted by Gasteiger charge is 2.59. The van der Waals surface area contributed by atoms with E-state index in [9.17, 15) is 9.59 Å². The second-order valence-corrected chi connectivity index (χ2v) is 6.96. The Morgan fingerprint density at radius 2 is 2.19 bits per heavy atom. The van der Waals surface area contributed by atoms with Gasteiger partial charge < -0.3 is 4.74 Å². The lowest BCUT2D eigenvalue weighted by Crippen LogP contribution is -2.50. The van der Waals surface area contributed by atoms with Gasteiger partial charge in [-0.1, -0.05) is 30.3 Å². The average Bonchev–Trinajstić information content (AvgIpc) is 2.88. The quantitative estimate of drug-likeness (QED) is 0.629. The summed E-state index contributed by atoms with van der Waals surface area (Å²) in [6, 6.07) is 10.1. The van der Waals surface area contributed by atoms with Gasteiger partial charge in [0.1, 0.15) is 0 Å². The summed E-state index contributed by atoms with van der Waals surface area (Å²) in [7, 11) is 1.38. The Balaban J connectivity index is 1.83. The first kappa shape index (κ1) is 14.6. The van der Waals surface area contributed by atoms with Crippen LogP contribution in [0.25, 0.3) is 0 Å². The molecule has 1 aromatic carbocycles. The van der Waals surface area contributed by atoms with Crippen molar-refractivity contribution in [3.05, 3.63) is 35.9 Å². The molecule has 0 unspecified atom stereocenters. The van der Waals surface area contributed by atoms with E-state index in [1.54, 1.807) is 11.8 Å². The number of nitrogens with zero attached hydrogens (tertiary/aromatic N) is 1. The number of likely N-dealkylation sites (tertiary alicyclic amines) is 1. The van der Waals surface area contributed by atoms with Crippen molar-refractivity contribution < 1.29 is 14.3 Å². The van der Waals surface area contributed by atoms with Gasteiger partial charge in [-0.25, -0.2) is 0 Å². The van der Waals surface area contributed by atoms with Crippen molar-refractivity contribution in [3.63, 3.8) is 0 Å². The Labute approximate surface area is 128 Å². The highest BCUT2D eigenvalue weighted by Crippen LogP contribution is 2.45. The zero-order valence-corrected chi connectivity index (χ0v) is 12.9. The number of carbonyl (C=O) groups excluding carboxylic acids is 2. The molecule has 1 aromatic rings. The van der Waals surface area contributed by atoms with Gasteiger partial charge in [0.15, 0.2) is 11.2 Å². The van der Waals surface area contributed by atoms with Gasteiger partial charge in [-0.3, -0.25) is 14.5 Å². The summed E-state index contributed by atoms with van der Waals surface area (Å²) in [6.45, 7) is 2.01. The highest BCUT2D eigenvalue weighted by atomic mass is 32.2. The fraction of sp³-hybridized carbons (Fsp3) is 0.500. The molecule has 0 amide bonds. The Hall–Kier alpha value is -1.33. The number of carbonyl (C=O) groups is 2. The summed E-state index contributed by atoms with van der Waals surface area (Å²) in [5.74, 6) is 0.496. The third kappa shape index (κ3) is 2.49. The molecule has 0 N–H and O–H groups in total. The third-order valence-corrected chi connectivity index (χ3v) is 5.78. The van der Waals surface area contributed by atoms with Crippen LogP contribution in [0.1, 0.15) is 12.0 Å². The van der Waals surface area contributed by atoms with Crippen LogP contribution in [-0.2, 0) is 20.9 Å². The van der Waals surface area contributed by atoms with Crippen LogP contribution in [0, 0.1) is 5.41 Å². The van der Waals surface area contributed by atoms with E-state index in [0.29, 0.717) is 13.0 Å². The van der Waals surface area contributed by atoms with E-state index >= 15 is 0 Å². The van der Waals surface area contributed by atoms with E-state index in [1.165, 1.54) is 12.7 Å². The van der Waals surface area contributed by atoms with Crippen LogP contribution in [0.4, 0.5) is 0 Å². The number of ketones is 1. The zero-order chi connectivity index (χ0) is 14.9. The molecular weight excluding hydrogens is 286 g/mol. The van der Waals surface area contributed by atoms with Gasteiger partial charge in [-0.05, 0) is 5.56 Å². The van der Waals surface area contributed by atoms with E-state index in [2.05, 4.69) is 17.0 Å². The fourth-order valence-electron chi connectivity index (χ4n) is 3.34. The van der Waals surface area contributed by atoms with Gasteiger partial charge in [0, 0.05) is 37.1 Å². The Morgan fingerprint density at radius 3 is 2.90 bits per heavy atom. The molecule has 2 fully saturated rings. The Kier molecular flexibility index (Phi) is 4.04. The number of hydrogen-bond donors (Lipinski definition) is 0. The lowest BCUT2D eigenvalue weighted by molar-refractivity contribution is -0.157. The smallest absolute Gasteiger partial charge is 0.321 e. The molecule has 0 aliphatic carbocycles. The summed E-state index contributed by atoms with van der Waals surface area (Å²) in [5.41, 5.74) is 0.250. The molecular formula is C16H19NO3S. The molecule has 5 heteroatoms. The molecule has 2 heterocycles. The number of rotatable bonds is 3. The average molecular weight is 305 g/mol. The van der Waals surface area contributed by atoms with Crippen molar-refractivity contribution in [2.24, 2.45) is 5.41 Å². The van der Waals surface area contributed by atoms with Gasteiger partial charge in [0.2, 0.25) is 0 Å². The molecule has 2 atom stereocenters. The maximum absolute atomic E-state index is 12.5. The van der Waals surface area contributed by atoms with Crippen LogP contribution >= 0.6 is 11.8 Å². The van der Waals surface area contributed by atoms with Gasteiger partial charge in [-0.15, -0.1) is 0 Å². The van der Waals surface area contributed by atoms with E-state index in [4.69, 9.17) is 4.74 Å². The molecule has 2 aliphatic rings. The maximum Gasteiger partial charge on any atom is 0.321 e. The first-order valence-corrected chi connectivity index (χ1v) is 8.21. The van der Waals surface area contributed by atoms with Gasteiger partial charge >= 0.3 is 5.97 Å². The van der Waals surface area contributed by atoms with Crippen LogP contribution in [0.3, 0.4) is 0 Å². The second kappa shape index (κ2) is 5.81. The standard InChI is InChI=1S/C16H19NO3S/c1-20-15(19)16-11-17(9-12-5-3-2-4-6-12)10-14(16)21-8-7-13(16)18/h2-6,14H,7-11H2,1H3/t14-,16+/m1/s1.